The minimum absolute atomic E-state index is 0.137. The van der Waals surface area contributed by atoms with Crippen LogP contribution >= 0.6 is 0 Å². The first-order valence-corrected chi connectivity index (χ1v) is 19.8. The Hall–Kier alpha value is -3.82. The van der Waals surface area contributed by atoms with Crippen LogP contribution in [-0.4, -0.2) is 25.9 Å². The van der Waals surface area contributed by atoms with E-state index in [0.717, 1.165) is 29.5 Å². The van der Waals surface area contributed by atoms with Crippen LogP contribution in [0.1, 0.15) is 131 Å². The molecule has 0 amide bonds. The van der Waals surface area contributed by atoms with Gasteiger partial charge >= 0.3 is 0 Å². The zero-order valence-corrected chi connectivity index (χ0v) is 31.5. The summed E-state index contributed by atoms with van der Waals surface area (Å²) in [6, 6.07) is 37.2. The first kappa shape index (κ1) is 40.9. The molecule has 0 fully saturated rings. The van der Waals surface area contributed by atoms with Gasteiger partial charge in [0, 0.05) is 6.61 Å². The van der Waals surface area contributed by atoms with Crippen molar-refractivity contribution in [1.29, 1.82) is 5.26 Å². The lowest BCUT2D eigenvalue weighted by atomic mass is 9.80. The van der Waals surface area contributed by atoms with E-state index >= 15 is 0 Å². The van der Waals surface area contributed by atoms with E-state index in [9.17, 15) is 9.65 Å². The topological polar surface area (TPSA) is 51.5 Å². The fourth-order valence-corrected chi connectivity index (χ4v) is 6.93. The van der Waals surface area contributed by atoms with Crippen molar-refractivity contribution in [3.8, 4) is 6.07 Å². The molecule has 4 rings (SSSR count). The number of unbranched alkanes of at least 4 members (excludes halogenated alkanes) is 14. The van der Waals surface area contributed by atoms with E-state index in [1.807, 2.05) is 60.7 Å². The Morgan fingerprint density at radius 2 is 1.06 bits per heavy atom. The molecule has 0 bridgehead atoms. The largest absolute Gasteiger partial charge is 0.379 e. The fourth-order valence-electron chi connectivity index (χ4n) is 6.93. The first-order chi connectivity index (χ1) is 25.7. The second kappa shape index (κ2) is 24.4. The lowest BCUT2D eigenvalue weighted by Crippen LogP contribution is -2.37. The highest BCUT2D eigenvalue weighted by molar-refractivity contribution is 5.47. The molecule has 0 aliphatic rings. The minimum Gasteiger partial charge on any atom is -0.379 e. The third-order valence-corrected chi connectivity index (χ3v) is 9.80. The number of halogens is 1. The maximum absolute atomic E-state index is 14.3. The molecular formula is C47H60FNO3. The molecule has 4 nitrogen and oxygen atoms in total. The number of hydrogen-bond donors (Lipinski definition) is 0. The van der Waals surface area contributed by atoms with Crippen molar-refractivity contribution in [3.05, 3.63) is 143 Å². The van der Waals surface area contributed by atoms with Gasteiger partial charge in [-0.15, -0.1) is 0 Å². The average Bonchev–Trinajstić information content (AvgIpc) is 3.19. The van der Waals surface area contributed by atoms with Gasteiger partial charge in [-0.05, 0) is 46.9 Å². The Labute approximate surface area is 313 Å². The molecule has 0 saturated heterocycles. The SMILES string of the molecule is CCCCCCCCCCCCCCCCCOCC(COC(c1ccccc1)(c1ccccc1)c1ccccc1)OCc1cc(F)cc(C#N)c1. The highest BCUT2D eigenvalue weighted by atomic mass is 19.1. The molecule has 5 heteroatoms. The van der Waals surface area contributed by atoms with Crippen molar-refractivity contribution in [2.45, 2.75) is 122 Å². The molecule has 0 spiro atoms. The molecule has 0 aliphatic carbocycles. The lowest BCUT2D eigenvalue weighted by Gasteiger charge is -2.37. The highest BCUT2D eigenvalue weighted by Gasteiger charge is 2.38. The Balaban J connectivity index is 1.32. The van der Waals surface area contributed by atoms with Crippen molar-refractivity contribution in [1.82, 2.24) is 0 Å². The second-order valence-corrected chi connectivity index (χ2v) is 14.0. The second-order valence-electron chi connectivity index (χ2n) is 14.0. The van der Waals surface area contributed by atoms with Crippen molar-refractivity contribution in [3.63, 3.8) is 0 Å². The standard InChI is InChI=1S/C47H60FNO3/c1-2-3-4-5-6-7-8-9-10-11-12-13-14-15-25-32-50-38-46(51-37-41-33-40(36-49)34-45(48)35-41)39-52-47(42-26-19-16-20-27-42,43-28-21-17-22-29-43)44-30-23-18-24-31-44/h16-24,26-31,33-35,46H,2-15,25,32,37-39H2,1H3. The molecule has 0 aromatic heterocycles. The van der Waals surface area contributed by atoms with E-state index in [1.54, 1.807) is 6.07 Å². The van der Waals surface area contributed by atoms with E-state index in [2.05, 4.69) is 43.3 Å². The van der Waals surface area contributed by atoms with E-state index < -0.39 is 17.5 Å². The molecule has 0 saturated carbocycles. The maximum Gasteiger partial charge on any atom is 0.143 e. The van der Waals surface area contributed by atoms with Crippen molar-refractivity contribution in [2.75, 3.05) is 19.8 Å². The van der Waals surface area contributed by atoms with Gasteiger partial charge in [-0.3, -0.25) is 0 Å². The normalized spacial score (nSPS) is 12.1. The van der Waals surface area contributed by atoms with Gasteiger partial charge in [-0.2, -0.15) is 5.26 Å². The quantitative estimate of drug-likeness (QED) is 0.0458. The Bertz CT molecular complexity index is 1440. The molecular weight excluding hydrogens is 646 g/mol. The van der Waals surface area contributed by atoms with Gasteiger partial charge < -0.3 is 14.2 Å². The van der Waals surface area contributed by atoms with Crippen LogP contribution in [-0.2, 0) is 26.4 Å². The van der Waals surface area contributed by atoms with Gasteiger partial charge in [-0.1, -0.05) is 188 Å². The van der Waals surface area contributed by atoms with Crippen LogP contribution in [0.15, 0.2) is 109 Å². The first-order valence-electron chi connectivity index (χ1n) is 19.8. The summed E-state index contributed by atoms with van der Waals surface area (Å²) in [4.78, 5) is 0. The Morgan fingerprint density at radius 1 is 0.596 bits per heavy atom. The molecule has 1 unspecified atom stereocenters. The van der Waals surface area contributed by atoms with Crippen LogP contribution in [0.25, 0.3) is 0 Å². The van der Waals surface area contributed by atoms with Gasteiger partial charge in [0.2, 0.25) is 0 Å². The Morgan fingerprint density at radius 3 is 1.52 bits per heavy atom. The number of hydrogen-bond acceptors (Lipinski definition) is 4. The summed E-state index contributed by atoms with van der Waals surface area (Å²) in [6.07, 6.45) is 19.4. The van der Waals surface area contributed by atoms with Crippen LogP contribution < -0.4 is 0 Å². The lowest BCUT2D eigenvalue weighted by molar-refractivity contribution is -0.0968. The summed E-state index contributed by atoms with van der Waals surface area (Å²) in [5.74, 6) is -0.453. The number of nitrogens with zero attached hydrogens (tertiary/aromatic N) is 1. The van der Waals surface area contributed by atoms with Gasteiger partial charge in [-0.25, -0.2) is 4.39 Å². The molecule has 52 heavy (non-hydrogen) atoms. The summed E-state index contributed by atoms with van der Waals surface area (Å²) >= 11 is 0. The van der Waals surface area contributed by atoms with Gasteiger partial charge in [0.15, 0.2) is 0 Å². The zero-order valence-electron chi connectivity index (χ0n) is 31.5. The molecule has 0 heterocycles. The van der Waals surface area contributed by atoms with Crippen LogP contribution in [0.3, 0.4) is 0 Å². The minimum atomic E-state index is -0.896. The predicted molar refractivity (Wildman–Crippen MR) is 211 cm³/mol. The molecule has 4 aromatic rings. The van der Waals surface area contributed by atoms with E-state index in [1.165, 1.54) is 95.6 Å². The molecule has 1 atom stereocenters. The van der Waals surface area contributed by atoms with Crippen LogP contribution in [0, 0.1) is 17.1 Å². The van der Waals surface area contributed by atoms with E-state index in [-0.39, 0.29) is 18.8 Å². The third kappa shape index (κ3) is 14.0. The smallest absolute Gasteiger partial charge is 0.143 e. The summed E-state index contributed by atoms with van der Waals surface area (Å²) in [5.41, 5.74) is 3.00. The summed E-state index contributed by atoms with van der Waals surface area (Å²) in [5, 5.41) is 9.38. The maximum atomic E-state index is 14.3. The van der Waals surface area contributed by atoms with Gasteiger partial charge in [0.1, 0.15) is 17.5 Å². The zero-order chi connectivity index (χ0) is 36.5. The predicted octanol–water partition coefficient (Wildman–Crippen LogP) is 12.5. The van der Waals surface area contributed by atoms with E-state index in [4.69, 9.17) is 14.2 Å². The summed E-state index contributed by atoms with van der Waals surface area (Å²) < 4.78 is 33.9. The number of benzene rings is 4. The van der Waals surface area contributed by atoms with Crippen LogP contribution in [0.2, 0.25) is 0 Å². The van der Waals surface area contributed by atoms with Gasteiger partial charge in [0.25, 0.3) is 0 Å². The monoisotopic (exact) mass is 705 g/mol. The molecule has 278 valence electrons. The molecule has 0 radical (unpaired) electrons. The number of nitriles is 1. The van der Waals surface area contributed by atoms with Crippen molar-refractivity contribution >= 4 is 0 Å². The number of rotatable bonds is 27. The van der Waals surface area contributed by atoms with Gasteiger partial charge in [0.05, 0.1) is 31.5 Å². The summed E-state index contributed by atoms with van der Waals surface area (Å²) in [6.45, 7) is 3.64. The molecule has 4 aromatic carbocycles. The fraction of sp³-hybridized carbons (Fsp3) is 0.468. The summed E-state index contributed by atoms with van der Waals surface area (Å²) in [7, 11) is 0. The highest BCUT2D eigenvalue weighted by Crippen LogP contribution is 2.40. The molecule has 0 N–H and O–H groups in total. The van der Waals surface area contributed by atoms with Crippen LogP contribution in [0.5, 0.6) is 0 Å². The third-order valence-electron chi connectivity index (χ3n) is 9.80. The average molecular weight is 706 g/mol. The van der Waals surface area contributed by atoms with Crippen LogP contribution in [0.4, 0.5) is 4.39 Å². The van der Waals surface area contributed by atoms with E-state index in [0.29, 0.717) is 18.8 Å². The molecule has 0 aliphatic heterocycles. The van der Waals surface area contributed by atoms with Crippen molar-refractivity contribution in [2.24, 2.45) is 0 Å². The number of ether oxygens (including phenoxy) is 3. The Kier molecular flexibility index (Phi) is 19.2. The van der Waals surface area contributed by atoms with Crippen molar-refractivity contribution < 1.29 is 18.6 Å².